The van der Waals surface area contributed by atoms with Crippen molar-refractivity contribution in [2.45, 2.75) is 19.3 Å². The number of fused-ring (bicyclic) bond motifs is 1. The van der Waals surface area contributed by atoms with Crippen molar-refractivity contribution in [3.05, 3.63) is 64.8 Å². The molecule has 2 aromatic heterocycles. The molecule has 132 valence electrons. The highest BCUT2D eigenvalue weighted by Crippen LogP contribution is 2.28. The van der Waals surface area contributed by atoms with Gasteiger partial charge in [0.1, 0.15) is 11.3 Å². The molecule has 26 heavy (non-hydrogen) atoms. The molecule has 3 aromatic rings. The fraction of sp³-hybridized carbons (Fsp3) is 0.263. The molecule has 0 unspecified atom stereocenters. The summed E-state index contributed by atoms with van der Waals surface area (Å²) in [6, 6.07) is 12.3. The SMILES string of the molecule is O=C(Nc1nncs1)c1ccc(NCCC2Cc3ccccc3C2)nc1. The maximum absolute atomic E-state index is 12.1. The lowest BCUT2D eigenvalue weighted by Gasteiger charge is -2.10. The minimum atomic E-state index is -0.232. The molecule has 0 radical (unpaired) electrons. The summed E-state index contributed by atoms with van der Waals surface area (Å²) < 4.78 is 0. The number of benzene rings is 1. The van der Waals surface area contributed by atoms with E-state index in [1.165, 1.54) is 22.5 Å². The van der Waals surface area contributed by atoms with Crippen LogP contribution in [0.2, 0.25) is 0 Å². The van der Waals surface area contributed by atoms with Crippen LogP contribution in [0, 0.1) is 5.92 Å². The van der Waals surface area contributed by atoms with E-state index in [-0.39, 0.29) is 5.91 Å². The van der Waals surface area contributed by atoms with Crippen molar-refractivity contribution in [2.24, 2.45) is 5.92 Å². The smallest absolute Gasteiger partial charge is 0.259 e. The zero-order valence-electron chi connectivity index (χ0n) is 14.2. The number of anilines is 2. The first-order valence-corrected chi connectivity index (χ1v) is 9.50. The number of carbonyl (C=O) groups excluding carboxylic acids is 1. The van der Waals surface area contributed by atoms with Gasteiger partial charge in [-0.3, -0.25) is 10.1 Å². The highest BCUT2D eigenvalue weighted by Gasteiger charge is 2.20. The van der Waals surface area contributed by atoms with E-state index >= 15 is 0 Å². The minimum Gasteiger partial charge on any atom is -0.370 e. The Morgan fingerprint density at radius 1 is 1.15 bits per heavy atom. The molecule has 2 heterocycles. The average Bonchev–Trinajstić information content (AvgIpc) is 3.31. The molecule has 1 amide bonds. The molecule has 1 aliphatic rings. The molecule has 0 atom stereocenters. The highest BCUT2D eigenvalue weighted by atomic mass is 32.1. The van der Waals surface area contributed by atoms with Crippen molar-refractivity contribution in [3.8, 4) is 0 Å². The van der Waals surface area contributed by atoms with E-state index in [1.807, 2.05) is 6.07 Å². The van der Waals surface area contributed by atoms with Crippen molar-refractivity contribution in [1.29, 1.82) is 0 Å². The van der Waals surface area contributed by atoms with Crippen LogP contribution >= 0.6 is 11.3 Å². The predicted octanol–water partition coefficient (Wildman–Crippen LogP) is 3.40. The monoisotopic (exact) mass is 365 g/mol. The molecule has 7 heteroatoms. The molecular formula is C19H19N5OS. The Hall–Kier alpha value is -2.80. The first kappa shape index (κ1) is 16.7. The Bertz CT molecular complexity index is 854. The first-order chi connectivity index (χ1) is 12.8. The number of pyridine rings is 1. The zero-order chi connectivity index (χ0) is 17.8. The molecule has 4 rings (SSSR count). The van der Waals surface area contributed by atoms with Crippen LogP contribution in [0.1, 0.15) is 27.9 Å². The van der Waals surface area contributed by atoms with Gasteiger partial charge in [0, 0.05) is 12.7 Å². The Morgan fingerprint density at radius 2 is 1.96 bits per heavy atom. The fourth-order valence-electron chi connectivity index (χ4n) is 3.29. The van der Waals surface area contributed by atoms with Crippen molar-refractivity contribution in [2.75, 3.05) is 17.2 Å². The van der Waals surface area contributed by atoms with Gasteiger partial charge in [0.05, 0.1) is 5.56 Å². The van der Waals surface area contributed by atoms with Gasteiger partial charge in [0.2, 0.25) is 5.13 Å². The van der Waals surface area contributed by atoms with Gasteiger partial charge in [-0.2, -0.15) is 0 Å². The lowest BCUT2D eigenvalue weighted by Crippen LogP contribution is -2.13. The van der Waals surface area contributed by atoms with Crippen molar-refractivity contribution in [1.82, 2.24) is 15.2 Å². The number of hydrogen-bond donors (Lipinski definition) is 2. The van der Waals surface area contributed by atoms with Gasteiger partial charge < -0.3 is 5.32 Å². The van der Waals surface area contributed by atoms with Gasteiger partial charge >= 0.3 is 0 Å². The Kier molecular flexibility index (Phi) is 4.88. The Labute approximate surface area is 155 Å². The maximum atomic E-state index is 12.1. The van der Waals surface area contributed by atoms with Gasteiger partial charge in [-0.1, -0.05) is 35.6 Å². The van der Waals surface area contributed by atoms with Gasteiger partial charge in [-0.25, -0.2) is 4.98 Å². The third-order valence-corrected chi connectivity index (χ3v) is 5.21. The molecule has 0 fully saturated rings. The summed E-state index contributed by atoms with van der Waals surface area (Å²) in [5.41, 5.74) is 5.05. The van der Waals surface area contributed by atoms with Crippen LogP contribution in [-0.4, -0.2) is 27.6 Å². The van der Waals surface area contributed by atoms with E-state index in [0.717, 1.165) is 31.6 Å². The maximum Gasteiger partial charge on any atom is 0.259 e. The van der Waals surface area contributed by atoms with E-state index in [2.05, 4.69) is 50.1 Å². The number of hydrogen-bond acceptors (Lipinski definition) is 6. The van der Waals surface area contributed by atoms with Crippen LogP contribution in [0.4, 0.5) is 10.9 Å². The molecule has 6 nitrogen and oxygen atoms in total. The predicted molar refractivity (Wildman–Crippen MR) is 103 cm³/mol. The summed E-state index contributed by atoms with van der Waals surface area (Å²) in [4.78, 5) is 16.4. The van der Waals surface area contributed by atoms with E-state index in [4.69, 9.17) is 0 Å². The van der Waals surface area contributed by atoms with Gasteiger partial charge in [0.25, 0.3) is 5.91 Å². The average molecular weight is 365 g/mol. The zero-order valence-corrected chi connectivity index (χ0v) is 15.0. The molecule has 0 spiro atoms. The largest absolute Gasteiger partial charge is 0.370 e. The molecule has 0 bridgehead atoms. The van der Waals surface area contributed by atoms with Gasteiger partial charge in [-0.15, -0.1) is 10.2 Å². The quantitative estimate of drug-likeness (QED) is 0.700. The summed E-state index contributed by atoms with van der Waals surface area (Å²) in [7, 11) is 0. The normalized spacial score (nSPS) is 13.4. The van der Waals surface area contributed by atoms with E-state index in [9.17, 15) is 4.79 Å². The molecule has 0 saturated carbocycles. The number of rotatable bonds is 6. The highest BCUT2D eigenvalue weighted by molar-refractivity contribution is 7.13. The van der Waals surface area contributed by atoms with Crippen LogP contribution in [0.25, 0.3) is 0 Å². The van der Waals surface area contributed by atoms with Crippen molar-refractivity contribution >= 4 is 28.2 Å². The Balaban J connectivity index is 1.25. The summed E-state index contributed by atoms with van der Waals surface area (Å²) in [6.07, 6.45) is 5.01. The van der Waals surface area contributed by atoms with Crippen LogP contribution in [-0.2, 0) is 12.8 Å². The topological polar surface area (TPSA) is 79.8 Å². The van der Waals surface area contributed by atoms with Gasteiger partial charge in [0.15, 0.2) is 0 Å². The Morgan fingerprint density at radius 3 is 2.62 bits per heavy atom. The minimum absolute atomic E-state index is 0.232. The summed E-state index contributed by atoms with van der Waals surface area (Å²) >= 11 is 1.28. The summed E-state index contributed by atoms with van der Waals surface area (Å²) in [6.45, 7) is 0.877. The number of nitrogens with one attached hydrogen (secondary N) is 2. The number of amides is 1. The second-order valence-corrected chi connectivity index (χ2v) is 7.22. The number of carbonyl (C=O) groups is 1. The van der Waals surface area contributed by atoms with Crippen molar-refractivity contribution < 1.29 is 4.79 Å². The van der Waals surface area contributed by atoms with E-state index in [0.29, 0.717) is 16.6 Å². The van der Waals surface area contributed by atoms with Crippen molar-refractivity contribution in [3.63, 3.8) is 0 Å². The standard InChI is InChI=1S/C19H19N5OS/c25-18(23-19-24-22-12-26-19)16-5-6-17(21-11-16)20-8-7-13-9-14-3-1-2-4-15(14)10-13/h1-6,11-13H,7-10H2,(H,20,21)(H,23,24,25). The summed E-state index contributed by atoms with van der Waals surface area (Å²) in [5, 5.41) is 14.0. The van der Waals surface area contributed by atoms with E-state index in [1.54, 1.807) is 17.8 Å². The molecule has 1 aliphatic carbocycles. The first-order valence-electron chi connectivity index (χ1n) is 8.62. The second kappa shape index (κ2) is 7.61. The molecule has 0 aliphatic heterocycles. The molecule has 1 aromatic carbocycles. The molecule has 2 N–H and O–H groups in total. The van der Waals surface area contributed by atoms with Crippen LogP contribution < -0.4 is 10.6 Å². The fourth-order valence-corrected chi connectivity index (χ4v) is 3.73. The van der Waals surface area contributed by atoms with Crippen LogP contribution in [0.15, 0.2) is 48.1 Å². The number of aromatic nitrogens is 3. The van der Waals surface area contributed by atoms with Gasteiger partial charge in [-0.05, 0) is 48.4 Å². The molecule has 0 saturated heterocycles. The molecular weight excluding hydrogens is 346 g/mol. The van der Waals surface area contributed by atoms with Crippen LogP contribution in [0.3, 0.4) is 0 Å². The third-order valence-electron chi connectivity index (χ3n) is 4.60. The van der Waals surface area contributed by atoms with Crippen LogP contribution in [0.5, 0.6) is 0 Å². The second-order valence-electron chi connectivity index (χ2n) is 6.39. The lowest BCUT2D eigenvalue weighted by atomic mass is 10.0. The lowest BCUT2D eigenvalue weighted by molar-refractivity contribution is 0.102. The summed E-state index contributed by atoms with van der Waals surface area (Å²) in [5.74, 6) is 1.24. The third kappa shape index (κ3) is 3.88. The van der Waals surface area contributed by atoms with E-state index < -0.39 is 0 Å². The number of nitrogens with zero attached hydrogens (tertiary/aromatic N) is 3.